The normalized spacial score (nSPS) is 31.6. The van der Waals surface area contributed by atoms with Gasteiger partial charge in [0.25, 0.3) is 0 Å². The van der Waals surface area contributed by atoms with Crippen LogP contribution in [-0.4, -0.2) is 29.7 Å². The van der Waals surface area contributed by atoms with Gasteiger partial charge in [-0.25, -0.2) is 0 Å². The summed E-state index contributed by atoms with van der Waals surface area (Å²) in [5, 5.41) is 20.9. The number of benzene rings is 1. The lowest BCUT2D eigenvalue weighted by Gasteiger charge is -2.54. The number of aromatic hydroxyl groups is 1. The third kappa shape index (κ3) is 2.41. The number of phenolic OH excluding ortho intramolecular Hbond substituents is 1. The van der Waals surface area contributed by atoms with Crippen molar-refractivity contribution in [2.24, 2.45) is 11.3 Å². The molecule has 1 fully saturated rings. The van der Waals surface area contributed by atoms with Crippen molar-refractivity contribution in [2.45, 2.75) is 64.7 Å². The van der Waals surface area contributed by atoms with Crippen LogP contribution in [0.3, 0.4) is 0 Å². The number of ether oxygens (including phenoxy) is 1. The molecule has 0 bridgehead atoms. The Morgan fingerprint density at radius 1 is 1.32 bits per heavy atom. The van der Waals surface area contributed by atoms with Gasteiger partial charge in [-0.1, -0.05) is 27.7 Å². The number of Topliss-reactive ketones (excluding diaryl/α,β-unsaturated/α-hetero) is 1. The zero-order chi connectivity index (χ0) is 18.6. The van der Waals surface area contributed by atoms with E-state index in [0.29, 0.717) is 18.6 Å². The highest BCUT2D eigenvalue weighted by Gasteiger charge is 2.56. The maximum atomic E-state index is 12.6. The van der Waals surface area contributed by atoms with Crippen LogP contribution in [0.5, 0.6) is 11.5 Å². The van der Waals surface area contributed by atoms with Crippen molar-refractivity contribution in [1.82, 2.24) is 0 Å². The number of fused-ring (bicyclic) bond motifs is 3. The van der Waals surface area contributed by atoms with Gasteiger partial charge in [-0.2, -0.15) is 0 Å². The third-order valence-corrected chi connectivity index (χ3v) is 6.84. The molecule has 2 aliphatic rings. The van der Waals surface area contributed by atoms with Crippen molar-refractivity contribution in [3.63, 3.8) is 0 Å². The Bertz CT molecular complexity index is 708. The molecular weight excluding hydrogens is 316 g/mol. The Morgan fingerprint density at radius 3 is 2.56 bits per heavy atom. The van der Waals surface area contributed by atoms with Crippen molar-refractivity contribution in [3.05, 3.63) is 22.8 Å². The van der Waals surface area contributed by atoms with Gasteiger partial charge >= 0.3 is 0 Å². The Labute approximate surface area is 150 Å². The van der Waals surface area contributed by atoms with Crippen LogP contribution in [0.4, 0.5) is 0 Å². The number of aliphatic hydroxyl groups is 1. The highest BCUT2D eigenvalue weighted by molar-refractivity contribution is 5.86. The molecule has 1 unspecified atom stereocenters. The maximum absolute atomic E-state index is 12.6. The summed E-state index contributed by atoms with van der Waals surface area (Å²) in [4.78, 5) is 12.6. The van der Waals surface area contributed by atoms with Gasteiger partial charge in [-0.3, -0.25) is 4.79 Å². The molecule has 1 aromatic rings. The molecule has 2 N–H and O–H groups in total. The summed E-state index contributed by atoms with van der Waals surface area (Å²) in [5.41, 5.74) is 1.97. The van der Waals surface area contributed by atoms with Crippen LogP contribution in [0.2, 0.25) is 0 Å². The van der Waals surface area contributed by atoms with E-state index in [9.17, 15) is 15.0 Å². The second-order valence-corrected chi connectivity index (χ2v) is 8.53. The maximum Gasteiger partial charge on any atom is 0.141 e. The van der Waals surface area contributed by atoms with Crippen LogP contribution in [0.25, 0.3) is 0 Å². The molecule has 0 aromatic heterocycles. The molecule has 0 heterocycles. The number of hydrogen-bond donors (Lipinski definition) is 2. The van der Waals surface area contributed by atoms with Gasteiger partial charge in [0.15, 0.2) is 0 Å². The van der Waals surface area contributed by atoms with E-state index in [2.05, 4.69) is 20.8 Å². The lowest BCUT2D eigenvalue weighted by atomic mass is 9.49. The topological polar surface area (TPSA) is 66.8 Å². The molecule has 3 atom stereocenters. The van der Waals surface area contributed by atoms with E-state index in [1.54, 1.807) is 7.11 Å². The lowest BCUT2D eigenvalue weighted by molar-refractivity contribution is -0.142. The number of phenols is 1. The third-order valence-electron chi connectivity index (χ3n) is 6.84. The average Bonchev–Trinajstić information content (AvgIpc) is 2.57. The van der Waals surface area contributed by atoms with Crippen LogP contribution < -0.4 is 4.74 Å². The summed E-state index contributed by atoms with van der Waals surface area (Å²) in [5.74, 6) is 1.61. The first kappa shape index (κ1) is 18.2. The van der Waals surface area contributed by atoms with Crippen LogP contribution in [0.1, 0.15) is 69.6 Å². The molecular formula is C21H30O4. The Hall–Kier alpha value is -1.55. The molecule has 1 aromatic carbocycles. The van der Waals surface area contributed by atoms with Crippen LogP contribution in [-0.2, 0) is 16.6 Å². The SMILES string of the molecule is COc1c(C(C)C)cc(O)c2c1CCC1[C@@](C)(CO)C(=O)CC[C@]21C. The molecule has 0 saturated heterocycles. The van der Waals surface area contributed by atoms with Gasteiger partial charge in [0.2, 0.25) is 0 Å². The summed E-state index contributed by atoms with van der Waals surface area (Å²) in [6.45, 7) is 8.09. The first-order valence-corrected chi connectivity index (χ1v) is 9.28. The second kappa shape index (κ2) is 6.01. The monoisotopic (exact) mass is 346 g/mol. The van der Waals surface area contributed by atoms with E-state index in [1.165, 1.54) is 0 Å². The van der Waals surface area contributed by atoms with E-state index >= 15 is 0 Å². The zero-order valence-corrected chi connectivity index (χ0v) is 16.0. The second-order valence-electron chi connectivity index (χ2n) is 8.53. The van der Waals surface area contributed by atoms with Crippen molar-refractivity contribution in [3.8, 4) is 11.5 Å². The van der Waals surface area contributed by atoms with Crippen molar-refractivity contribution in [2.75, 3.05) is 13.7 Å². The predicted octanol–water partition coefficient (Wildman–Crippen LogP) is 3.71. The van der Waals surface area contributed by atoms with E-state index in [-0.39, 0.29) is 29.6 Å². The van der Waals surface area contributed by atoms with Crippen LogP contribution in [0, 0.1) is 11.3 Å². The number of methoxy groups -OCH3 is 1. The number of hydrogen-bond acceptors (Lipinski definition) is 4. The highest BCUT2D eigenvalue weighted by Crippen LogP contribution is 2.59. The van der Waals surface area contributed by atoms with Crippen molar-refractivity contribution in [1.29, 1.82) is 0 Å². The summed E-state index contributed by atoms with van der Waals surface area (Å²) < 4.78 is 5.76. The predicted molar refractivity (Wildman–Crippen MR) is 97.3 cm³/mol. The quantitative estimate of drug-likeness (QED) is 0.876. The Balaban J connectivity index is 2.24. The number of ketones is 1. The number of rotatable bonds is 3. The van der Waals surface area contributed by atoms with Gasteiger partial charge in [0, 0.05) is 28.5 Å². The standard InChI is InChI=1S/C21H30O4/c1-12(2)14-10-15(23)18-13(19(14)25-5)6-7-16-20(18,3)9-8-17(24)21(16,4)11-22/h10,12,16,22-23H,6-9,11H2,1-5H3/t16?,20-,21+/m0/s1. The Morgan fingerprint density at radius 2 is 2.00 bits per heavy atom. The molecule has 1 saturated carbocycles. The van der Waals surface area contributed by atoms with Crippen molar-refractivity contribution < 1.29 is 19.7 Å². The fourth-order valence-corrected chi connectivity index (χ4v) is 5.43. The molecule has 0 radical (unpaired) electrons. The van der Waals surface area contributed by atoms with E-state index in [1.807, 2.05) is 13.0 Å². The molecule has 25 heavy (non-hydrogen) atoms. The molecule has 0 spiro atoms. The van der Waals surface area contributed by atoms with Crippen LogP contribution in [0.15, 0.2) is 6.07 Å². The number of aliphatic hydroxyl groups excluding tert-OH is 1. The molecule has 2 aliphatic carbocycles. The lowest BCUT2D eigenvalue weighted by Crippen LogP contribution is -2.55. The minimum absolute atomic E-state index is 0.0271. The van der Waals surface area contributed by atoms with Gasteiger partial charge in [0.05, 0.1) is 19.1 Å². The minimum atomic E-state index is -0.735. The van der Waals surface area contributed by atoms with Crippen LogP contribution >= 0.6 is 0 Å². The first-order valence-electron chi connectivity index (χ1n) is 9.28. The molecule has 138 valence electrons. The summed E-state index contributed by atoms with van der Waals surface area (Å²) in [6, 6.07) is 1.84. The van der Waals surface area contributed by atoms with Gasteiger partial charge < -0.3 is 14.9 Å². The molecule has 0 amide bonds. The Kier molecular flexibility index (Phi) is 4.39. The van der Waals surface area contributed by atoms with E-state index in [0.717, 1.165) is 35.3 Å². The molecule has 0 aliphatic heterocycles. The largest absolute Gasteiger partial charge is 0.508 e. The smallest absolute Gasteiger partial charge is 0.141 e. The summed E-state index contributed by atoms with van der Waals surface area (Å²) in [6.07, 6.45) is 2.73. The average molecular weight is 346 g/mol. The van der Waals surface area contributed by atoms with E-state index < -0.39 is 5.41 Å². The summed E-state index contributed by atoms with van der Waals surface area (Å²) >= 11 is 0. The molecule has 4 heteroatoms. The molecule has 3 rings (SSSR count). The highest BCUT2D eigenvalue weighted by atomic mass is 16.5. The fourth-order valence-electron chi connectivity index (χ4n) is 5.43. The van der Waals surface area contributed by atoms with E-state index in [4.69, 9.17) is 4.74 Å². The summed E-state index contributed by atoms with van der Waals surface area (Å²) in [7, 11) is 1.69. The van der Waals surface area contributed by atoms with Gasteiger partial charge in [-0.15, -0.1) is 0 Å². The number of carbonyl (C=O) groups excluding carboxylic acids is 1. The number of carbonyl (C=O) groups is 1. The fraction of sp³-hybridized carbons (Fsp3) is 0.667. The van der Waals surface area contributed by atoms with Gasteiger partial charge in [0.1, 0.15) is 17.3 Å². The first-order chi connectivity index (χ1) is 11.7. The zero-order valence-electron chi connectivity index (χ0n) is 16.0. The van der Waals surface area contributed by atoms with Gasteiger partial charge in [-0.05, 0) is 37.2 Å². The minimum Gasteiger partial charge on any atom is -0.508 e. The van der Waals surface area contributed by atoms with Crippen molar-refractivity contribution >= 4 is 5.78 Å². The molecule has 4 nitrogen and oxygen atoms in total.